The van der Waals surface area contributed by atoms with Gasteiger partial charge in [0, 0.05) is 5.69 Å². The van der Waals surface area contributed by atoms with Gasteiger partial charge in [-0.05, 0) is 18.1 Å². The Kier molecular flexibility index (Phi) is 3.40. The van der Waals surface area contributed by atoms with E-state index < -0.39 is 6.04 Å². The number of carbonyl (C=O) groups is 1. The van der Waals surface area contributed by atoms with E-state index in [0.717, 1.165) is 17.7 Å². The number of hydrogen-bond acceptors (Lipinski definition) is 3. The van der Waals surface area contributed by atoms with Crippen molar-refractivity contribution in [3.05, 3.63) is 29.8 Å². The molecule has 1 saturated heterocycles. The molecule has 0 radical (unpaired) electrons. The van der Waals surface area contributed by atoms with E-state index in [9.17, 15) is 4.79 Å². The van der Waals surface area contributed by atoms with Gasteiger partial charge in [-0.15, -0.1) is 0 Å². The first-order valence-electron chi connectivity index (χ1n) is 5.65. The van der Waals surface area contributed by atoms with Crippen molar-refractivity contribution in [2.45, 2.75) is 19.4 Å². The van der Waals surface area contributed by atoms with Crippen molar-refractivity contribution in [3.63, 3.8) is 0 Å². The van der Waals surface area contributed by atoms with Gasteiger partial charge in [-0.1, -0.05) is 25.1 Å². The van der Waals surface area contributed by atoms with Crippen LogP contribution in [0.25, 0.3) is 0 Å². The van der Waals surface area contributed by atoms with Gasteiger partial charge in [0.1, 0.15) is 12.6 Å². The van der Waals surface area contributed by atoms with Crippen molar-refractivity contribution >= 4 is 11.6 Å². The Hall–Kier alpha value is -1.86. The van der Waals surface area contributed by atoms with Crippen LogP contribution in [0.1, 0.15) is 12.5 Å². The molecule has 1 aliphatic rings. The highest BCUT2D eigenvalue weighted by Crippen LogP contribution is 2.25. The first kappa shape index (κ1) is 11.6. The SMILES string of the molecule is CCc1ccccc1N1C(=O)COCC1C#N. The quantitative estimate of drug-likeness (QED) is 0.773. The van der Waals surface area contributed by atoms with Gasteiger partial charge in [0.2, 0.25) is 0 Å². The number of morpholine rings is 1. The standard InChI is InChI=1S/C13H14N2O2/c1-2-10-5-3-4-6-12(10)15-11(7-14)8-17-9-13(15)16/h3-6,11H,2,8-9H2,1H3. The zero-order chi connectivity index (χ0) is 12.3. The monoisotopic (exact) mass is 230 g/mol. The number of nitrogens with zero attached hydrogens (tertiary/aromatic N) is 2. The fraction of sp³-hybridized carbons (Fsp3) is 0.385. The fourth-order valence-electron chi connectivity index (χ4n) is 2.02. The van der Waals surface area contributed by atoms with E-state index in [4.69, 9.17) is 10.00 Å². The molecule has 0 aromatic heterocycles. The van der Waals surface area contributed by atoms with Crippen molar-refractivity contribution in [2.24, 2.45) is 0 Å². The number of nitriles is 1. The maximum Gasteiger partial charge on any atom is 0.254 e. The third kappa shape index (κ3) is 2.15. The lowest BCUT2D eigenvalue weighted by atomic mass is 10.1. The summed E-state index contributed by atoms with van der Waals surface area (Å²) in [6.45, 7) is 2.36. The van der Waals surface area contributed by atoms with E-state index in [2.05, 4.69) is 6.07 Å². The first-order valence-corrected chi connectivity index (χ1v) is 5.65. The van der Waals surface area contributed by atoms with Gasteiger partial charge in [-0.2, -0.15) is 5.26 Å². The number of benzene rings is 1. The summed E-state index contributed by atoms with van der Waals surface area (Å²) in [5, 5.41) is 9.08. The van der Waals surface area contributed by atoms with Gasteiger partial charge in [0.15, 0.2) is 0 Å². The third-order valence-electron chi connectivity index (χ3n) is 2.86. The molecule has 0 spiro atoms. The minimum atomic E-state index is -0.524. The van der Waals surface area contributed by atoms with Gasteiger partial charge in [-0.25, -0.2) is 0 Å². The minimum absolute atomic E-state index is 0.0518. The second-order valence-electron chi connectivity index (χ2n) is 3.91. The van der Waals surface area contributed by atoms with Crippen molar-refractivity contribution in [2.75, 3.05) is 18.1 Å². The first-order chi connectivity index (χ1) is 8.27. The molecular weight excluding hydrogens is 216 g/mol. The van der Waals surface area contributed by atoms with Crippen molar-refractivity contribution in [1.29, 1.82) is 5.26 Å². The van der Waals surface area contributed by atoms with Crippen LogP contribution in [-0.4, -0.2) is 25.2 Å². The molecule has 0 saturated carbocycles. The van der Waals surface area contributed by atoms with Crippen LogP contribution >= 0.6 is 0 Å². The summed E-state index contributed by atoms with van der Waals surface area (Å²) < 4.78 is 5.10. The highest BCUT2D eigenvalue weighted by molar-refractivity contribution is 5.96. The molecule has 1 unspecified atom stereocenters. The van der Waals surface area contributed by atoms with Gasteiger partial charge in [0.25, 0.3) is 5.91 Å². The predicted octanol–water partition coefficient (Wildman–Crippen LogP) is 1.50. The molecule has 1 atom stereocenters. The molecule has 0 bridgehead atoms. The molecule has 1 aromatic rings. The number of rotatable bonds is 2. The summed E-state index contributed by atoms with van der Waals surface area (Å²) in [7, 11) is 0. The van der Waals surface area contributed by atoms with Crippen LogP contribution in [0.5, 0.6) is 0 Å². The molecular formula is C13H14N2O2. The number of hydrogen-bond donors (Lipinski definition) is 0. The summed E-state index contributed by atoms with van der Waals surface area (Å²) in [4.78, 5) is 13.4. The molecule has 4 heteroatoms. The smallest absolute Gasteiger partial charge is 0.254 e. The Morgan fingerprint density at radius 3 is 3.00 bits per heavy atom. The maximum absolute atomic E-state index is 11.9. The van der Waals surface area contributed by atoms with Crippen LogP contribution in [0.15, 0.2) is 24.3 Å². The Bertz CT molecular complexity index is 465. The third-order valence-corrected chi connectivity index (χ3v) is 2.86. The average Bonchev–Trinajstić information content (AvgIpc) is 2.38. The van der Waals surface area contributed by atoms with E-state index in [-0.39, 0.29) is 19.1 Å². The van der Waals surface area contributed by atoms with E-state index in [0.29, 0.717) is 0 Å². The Morgan fingerprint density at radius 1 is 1.53 bits per heavy atom. The van der Waals surface area contributed by atoms with Crippen LogP contribution in [0.4, 0.5) is 5.69 Å². The number of para-hydroxylation sites is 1. The van der Waals surface area contributed by atoms with Crippen LogP contribution in [0.3, 0.4) is 0 Å². The fourth-order valence-corrected chi connectivity index (χ4v) is 2.02. The van der Waals surface area contributed by atoms with Crippen LogP contribution in [-0.2, 0) is 16.0 Å². The normalized spacial score (nSPS) is 20.1. The summed E-state index contributed by atoms with van der Waals surface area (Å²) in [6.07, 6.45) is 0.832. The van der Waals surface area contributed by atoms with E-state index in [1.54, 1.807) is 4.90 Å². The van der Waals surface area contributed by atoms with E-state index in [1.807, 2.05) is 31.2 Å². The molecule has 88 valence electrons. The van der Waals surface area contributed by atoms with Gasteiger partial charge >= 0.3 is 0 Å². The topological polar surface area (TPSA) is 53.3 Å². The second kappa shape index (κ2) is 4.98. The lowest BCUT2D eigenvalue weighted by Crippen LogP contribution is -2.49. The minimum Gasteiger partial charge on any atom is -0.368 e. The second-order valence-corrected chi connectivity index (χ2v) is 3.91. The van der Waals surface area contributed by atoms with Gasteiger partial charge in [0.05, 0.1) is 12.7 Å². The summed E-state index contributed by atoms with van der Waals surface area (Å²) in [6, 6.07) is 9.27. The molecule has 1 aromatic carbocycles. The molecule has 2 rings (SSSR count). The molecule has 0 aliphatic carbocycles. The number of amides is 1. The number of anilines is 1. The lowest BCUT2D eigenvalue weighted by Gasteiger charge is -2.32. The molecule has 1 amide bonds. The number of ether oxygens (including phenoxy) is 1. The van der Waals surface area contributed by atoms with Crippen LogP contribution < -0.4 is 4.90 Å². The largest absolute Gasteiger partial charge is 0.368 e. The zero-order valence-corrected chi connectivity index (χ0v) is 9.72. The molecule has 1 aliphatic heterocycles. The maximum atomic E-state index is 11.9. The van der Waals surface area contributed by atoms with Crippen LogP contribution in [0.2, 0.25) is 0 Å². The average molecular weight is 230 g/mol. The molecule has 1 heterocycles. The summed E-state index contributed by atoms with van der Waals surface area (Å²) in [5.74, 6) is -0.149. The van der Waals surface area contributed by atoms with E-state index >= 15 is 0 Å². The van der Waals surface area contributed by atoms with Gasteiger partial charge < -0.3 is 4.74 Å². The zero-order valence-electron chi connectivity index (χ0n) is 9.72. The highest BCUT2D eigenvalue weighted by Gasteiger charge is 2.30. The van der Waals surface area contributed by atoms with Crippen molar-refractivity contribution < 1.29 is 9.53 Å². The summed E-state index contributed by atoms with van der Waals surface area (Å²) in [5.41, 5.74) is 1.90. The Balaban J connectivity index is 2.42. The number of aryl methyl sites for hydroxylation is 1. The molecule has 1 fully saturated rings. The van der Waals surface area contributed by atoms with E-state index in [1.165, 1.54) is 0 Å². The predicted molar refractivity (Wildman–Crippen MR) is 63.5 cm³/mol. The Labute approximate surface area is 100 Å². The summed E-state index contributed by atoms with van der Waals surface area (Å²) >= 11 is 0. The number of carbonyl (C=O) groups excluding carboxylic acids is 1. The van der Waals surface area contributed by atoms with Gasteiger partial charge in [-0.3, -0.25) is 9.69 Å². The lowest BCUT2D eigenvalue weighted by molar-refractivity contribution is -0.126. The van der Waals surface area contributed by atoms with Crippen molar-refractivity contribution in [3.8, 4) is 6.07 Å². The van der Waals surface area contributed by atoms with Crippen LogP contribution in [0, 0.1) is 11.3 Å². The molecule has 4 nitrogen and oxygen atoms in total. The van der Waals surface area contributed by atoms with Crippen molar-refractivity contribution in [1.82, 2.24) is 0 Å². The molecule has 17 heavy (non-hydrogen) atoms. The highest BCUT2D eigenvalue weighted by atomic mass is 16.5. The Morgan fingerprint density at radius 2 is 2.29 bits per heavy atom. The molecule has 0 N–H and O–H groups in total.